The van der Waals surface area contributed by atoms with Crippen LogP contribution in [0.2, 0.25) is 5.02 Å². The summed E-state index contributed by atoms with van der Waals surface area (Å²) in [7, 11) is 3.02. The quantitative estimate of drug-likeness (QED) is 0.187. The Morgan fingerprint density at radius 1 is 1.04 bits per heavy atom. The van der Waals surface area contributed by atoms with Crippen molar-refractivity contribution in [1.29, 1.82) is 0 Å². The van der Waals surface area contributed by atoms with Crippen molar-refractivity contribution in [3.8, 4) is 17.2 Å². The van der Waals surface area contributed by atoms with E-state index in [2.05, 4.69) is 5.32 Å². The van der Waals surface area contributed by atoms with Crippen molar-refractivity contribution < 1.29 is 87.6 Å². The van der Waals surface area contributed by atoms with Gasteiger partial charge < -0.3 is 39.4 Å². The van der Waals surface area contributed by atoms with Crippen molar-refractivity contribution in [3.63, 3.8) is 0 Å². The molecule has 0 saturated heterocycles. The molecule has 0 saturated carbocycles. The molecular weight excluding hydrogens is 855 g/mol. The molecule has 0 spiro atoms. The topological polar surface area (TPSA) is 144 Å². The predicted octanol–water partition coefficient (Wildman–Crippen LogP) is 5.64. The molecule has 1 heterocycles. The predicted molar refractivity (Wildman–Crippen MR) is 178 cm³/mol. The van der Waals surface area contributed by atoms with Crippen LogP contribution in [0.15, 0.2) is 54.6 Å². The summed E-state index contributed by atoms with van der Waals surface area (Å²) in [6, 6.07) is 15.5. The molecule has 0 fully saturated rings. The fourth-order valence-corrected chi connectivity index (χ4v) is 5.62. The number of carboxylic acid groups (broad SMARTS) is 1. The average molecular weight is 896 g/mol. The first-order valence-electron chi connectivity index (χ1n) is 15.3. The van der Waals surface area contributed by atoms with Gasteiger partial charge in [-0.05, 0) is 55.3 Å². The number of nitrogens with one attached hydrogen (secondary N) is 1. The summed E-state index contributed by atoms with van der Waals surface area (Å²) in [5, 5.41) is 22.5. The number of hydrogen-bond donors (Lipinski definition) is 3. The van der Waals surface area contributed by atoms with Crippen molar-refractivity contribution in [2.24, 2.45) is 5.41 Å². The molecule has 13 heteroatoms. The van der Waals surface area contributed by atoms with Gasteiger partial charge in [-0.25, -0.2) is 0 Å². The molecule has 2 atom stereocenters. The van der Waals surface area contributed by atoms with E-state index in [9.17, 15) is 19.5 Å². The molecular formula is C35H41AcClN2O9. The maximum Gasteiger partial charge on any atom is 0.303 e. The standard InChI is InChI=1S/C35H41ClN2O9.Ac/c1-6-46-27-14-10-21(11-15-31(41)42)16-25(27)37-30(40)18-29-34(43)38(19-35(2,3)20-39)26-13-12-22(36)17-24(26)32(47-29)23-8-7-9-28(44-4)33(23)45-5;/h7-10,12-14,16-17,29,32,39H,6,11,15,18-20H2,1-5H3,(H,37,40)(H,41,42);/t29-,32-;/m1./s1. The molecule has 0 aromatic heterocycles. The molecule has 3 aromatic carbocycles. The van der Waals surface area contributed by atoms with Gasteiger partial charge in [0.15, 0.2) is 11.5 Å². The summed E-state index contributed by atoms with van der Waals surface area (Å²) >= 11 is 6.50. The molecule has 4 rings (SSSR count). The van der Waals surface area contributed by atoms with Crippen LogP contribution in [-0.4, -0.2) is 68.1 Å². The third kappa shape index (κ3) is 9.63. The van der Waals surface area contributed by atoms with Gasteiger partial charge in [-0.15, -0.1) is 0 Å². The third-order valence-electron chi connectivity index (χ3n) is 7.75. The SMILES string of the molecule is CCOc1ccc(CCC(=O)O)cc1NC(=O)C[C@H]1O[C@H](c2cccc(OC)c2OC)c2cc(Cl)ccc2N(CC(C)(C)CO)C1=O.[Ac]. The number of aryl methyl sites for hydroxylation is 1. The minimum atomic E-state index is -1.28. The van der Waals surface area contributed by atoms with E-state index < -0.39 is 35.4 Å². The Hall–Kier alpha value is -2.88. The van der Waals surface area contributed by atoms with Crippen LogP contribution in [0.1, 0.15) is 56.4 Å². The van der Waals surface area contributed by atoms with Crippen LogP contribution in [0, 0.1) is 49.5 Å². The van der Waals surface area contributed by atoms with Gasteiger partial charge in [0, 0.05) is 90.9 Å². The smallest absolute Gasteiger partial charge is 0.303 e. The number of methoxy groups -OCH3 is 2. The molecule has 255 valence electrons. The van der Waals surface area contributed by atoms with Gasteiger partial charge in [0.2, 0.25) is 5.91 Å². The van der Waals surface area contributed by atoms with Crippen molar-refractivity contribution in [2.45, 2.75) is 52.2 Å². The zero-order valence-corrected chi connectivity index (χ0v) is 33.2. The second-order valence-electron chi connectivity index (χ2n) is 11.9. The molecule has 3 aromatic rings. The number of fused-ring (bicyclic) bond motifs is 1. The number of carbonyl (C=O) groups is 3. The van der Waals surface area contributed by atoms with Gasteiger partial charge in [0.1, 0.15) is 18.0 Å². The van der Waals surface area contributed by atoms with E-state index in [1.165, 1.54) is 19.1 Å². The number of carboxylic acids is 1. The minimum absolute atomic E-state index is 0. The Bertz CT molecular complexity index is 1620. The number of aliphatic hydroxyl groups excluding tert-OH is 1. The third-order valence-corrected chi connectivity index (χ3v) is 7.99. The van der Waals surface area contributed by atoms with Gasteiger partial charge in [-0.3, -0.25) is 14.4 Å². The van der Waals surface area contributed by atoms with Gasteiger partial charge in [-0.1, -0.05) is 43.6 Å². The number of halogens is 1. The summed E-state index contributed by atoms with van der Waals surface area (Å²) in [5.74, 6) is -0.694. The maximum atomic E-state index is 14.4. The number of ether oxygens (including phenoxy) is 4. The van der Waals surface area contributed by atoms with Crippen molar-refractivity contribution >= 4 is 40.8 Å². The largest absolute Gasteiger partial charge is 0.493 e. The molecule has 11 nitrogen and oxygen atoms in total. The van der Waals surface area contributed by atoms with Gasteiger partial charge in [-0.2, -0.15) is 0 Å². The van der Waals surface area contributed by atoms with E-state index >= 15 is 0 Å². The summed E-state index contributed by atoms with van der Waals surface area (Å²) in [5.41, 5.74) is 1.99. The molecule has 1 aliphatic heterocycles. The fourth-order valence-electron chi connectivity index (χ4n) is 5.44. The average Bonchev–Trinajstić information content (AvgIpc) is 3.14. The number of rotatable bonds is 14. The Kier molecular flexibility index (Phi) is 14.6. The van der Waals surface area contributed by atoms with E-state index in [0.717, 1.165) is 0 Å². The Morgan fingerprint density at radius 2 is 1.79 bits per heavy atom. The minimum Gasteiger partial charge on any atom is -0.493 e. The number of nitrogens with zero attached hydrogens (tertiary/aromatic N) is 1. The zero-order chi connectivity index (χ0) is 34.3. The summed E-state index contributed by atoms with van der Waals surface area (Å²) < 4.78 is 23.6. The van der Waals surface area contributed by atoms with E-state index in [-0.39, 0.29) is 76.5 Å². The molecule has 1 radical (unpaired) electrons. The second-order valence-corrected chi connectivity index (χ2v) is 12.4. The summed E-state index contributed by atoms with van der Waals surface area (Å²) in [6.45, 7) is 5.73. The van der Waals surface area contributed by atoms with E-state index in [1.807, 2.05) is 13.8 Å². The monoisotopic (exact) mass is 895 g/mol. The Labute approximate surface area is 321 Å². The second kappa shape index (κ2) is 17.7. The Morgan fingerprint density at radius 3 is 2.44 bits per heavy atom. The normalized spacial score (nSPS) is 15.9. The molecule has 3 N–H and O–H groups in total. The van der Waals surface area contributed by atoms with Crippen LogP contribution >= 0.6 is 11.6 Å². The first kappa shape index (κ1) is 39.6. The molecule has 2 amide bonds. The number of carbonyl (C=O) groups excluding carboxylic acids is 2. The number of amides is 2. The van der Waals surface area contributed by atoms with Crippen molar-refractivity contribution in [2.75, 3.05) is 44.2 Å². The number of benzene rings is 3. The Balaban J connectivity index is 0.00000625. The molecule has 1 aliphatic rings. The molecule has 0 bridgehead atoms. The number of hydrogen-bond acceptors (Lipinski definition) is 8. The number of anilines is 2. The van der Waals surface area contributed by atoms with Gasteiger partial charge in [0.05, 0.1) is 32.9 Å². The van der Waals surface area contributed by atoms with Crippen molar-refractivity contribution in [3.05, 3.63) is 76.3 Å². The first-order chi connectivity index (χ1) is 22.4. The van der Waals surface area contributed by atoms with Gasteiger partial charge in [0.25, 0.3) is 5.91 Å². The first-order valence-corrected chi connectivity index (χ1v) is 15.6. The molecule has 0 aliphatic carbocycles. The van der Waals surface area contributed by atoms with Crippen LogP contribution in [-0.2, 0) is 25.5 Å². The fraction of sp³-hybridized carbons (Fsp3) is 0.400. The number of aliphatic carboxylic acids is 1. The summed E-state index contributed by atoms with van der Waals surface area (Å²) in [4.78, 5) is 40.7. The van der Waals surface area contributed by atoms with E-state index in [1.54, 1.807) is 61.5 Å². The van der Waals surface area contributed by atoms with Crippen molar-refractivity contribution in [1.82, 2.24) is 0 Å². The van der Waals surface area contributed by atoms with Crippen LogP contribution in [0.5, 0.6) is 17.2 Å². The maximum absolute atomic E-state index is 14.4. The van der Waals surface area contributed by atoms with E-state index in [0.29, 0.717) is 56.9 Å². The zero-order valence-electron chi connectivity index (χ0n) is 27.7. The summed E-state index contributed by atoms with van der Waals surface area (Å²) in [6.07, 6.45) is -2.37. The number of aliphatic hydroxyl groups is 1. The number of para-hydroxylation sites is 1. The van der Waals surface area contributed by atoms with Crippen LogP contribution < -0.4 is 24.4 Å². The van der Waals surface area contributed by atoms with Crippen LogP contribution in [0.3, 0.4) is 0 Å². The van der Waals surface area contributed by atoms with Crippen LogP contribution in [0.25, 0.3) is 0 Å². The van der Waals surface area contributed by atoms with Gasteiger partial charge >= 0.3 is 5.97 Å². The molecule has 0 unspecified atom stereocenters. The van der Waals surface area contributed by atoms with E-state index in [4.69, 9.17) is 35.7 Å². The molecule has 48 heavy (non-hydrogen) atoms. The van der Waals surface area contributed by atoms with Crippen LogP contribution in [0.4, 0.5) is 11.4 Å².